The Morgan fingerprint density at radius 3 is 2.35 bits per heavy atom. The van der Waals surface area contributed by atoms with E-state index >= 15 is 0 Å². The number of nitrogens with one attached hydrogen (secondary N) is 3. The molecule has 0 radical (unpaired) electrons. The van der Waals surface area contributed by atoms with E-state index in [1.54, 1.807) is 0 Å². The number of carbonyl (C=O) groups is 4. The average molecular weight is 394 g/mol. The molecule has 10 N–H and O–H groups in total. The summed E-state index contributed by atoms with van der Waals surface area (Å²) in [6, 6.07) is -1.85. The third-order valence-corrected chi connectivity index (χ3v) is 3.55. The molecule has 26 heavy (non-hydrogen) atoms. The zero-order chi connectivity index (χ0) is 20.1. The Bertz CT molecular complexity index is 538. The number of halogens is 1. The summed E-state index contributed by atoms with van der Waals surface area (Å²) in [5.41, 5.74) is 16.0. The van der Waals surface area contributed by atoms with Crippen molar-refractivity contribution in [3.63, 3.8) is 0 Å². The van der Waals surface area contributed by atoms with Crippen molar-refractivity contribution in [3.8, 4) is 0 Å². The van der Waals surface area contributed by atoms with Crippen molar-refractivity contribution < 1.29 is 29.3 Å². The summed E-state index contributed by atoms with van der Waals surface area (Å²) in [5, 5.41) is 13.3. The predicted molar refractivity (Wildman–Crippen MR) is 94.0 cm³/mol. The molecular formula is C14H26ClN6O5+. The van der Waals surface area contributed by atoms with Gasteiger partial charge in [-0.3, -0.25) is 35.6 Å². The van der Waals surface area contributed by atoms with E-state index in [2.05, 4.69) is 15.6 Å². The fourth-order valence-electron chi connectivity index (χ4n) is 1.90. The van der Waals surface area contributed by atoms with E-state index in [0.717, 1.165) is 0 Å². The number of carboxylic acid groups (broad SMARTS) is 1. The Labute approximate surface area is 155 Å². The SMILES string of the molecule is NC(N)=[NH+]CCC[C@H](NC(=O)CNC(=O)[C@@H](N)CCC(=O)O)C(=O)CCl. The normalized spacial score (nSPS) is 12.5. The second kappa shape index (κ2) is 12.9. The van der Waals surface area contributed by atoms with Crippen molar-refractivity contribution in [2.24, 2.45) is 17.2 Å². The number of carbonyl (C=O) groups excluding carboxylic acids is 3. The van der Waals surface area contributed by atoms with Gasteiger partial charge in [0.15, 0.2) is 5.78 Å². The van der Waals surface area contributed by atoms with Crippen molar-refractivity contribution in [2.45, 2.75) is 37.8 Å². The van der Waals surface area contributed by atoms with Gasteiger partial charge >= 0.3 is 11.9 Å². The standard InChI is InChI=1S/C14H25ClN6O5/c15-6-10(22)9(2-1-5-19-14(17)18)21-11(23)7-20-13(26)8(16)3-4-12(24)25/h8-9H,1-7,16H2,(H,20,26)(H,21,23)(H,24,25)(H4,17,18,19)/p+1/t8-,9-/m0/s1. The van der Waals surface area contributed by atoms with Crippen molar-refractivity contribution in [3.05, 3.63) is 0 Å². The van der Waals surface area contributed by atoms with Gasteiger partial charge in [0, 0.05) is 6.42 Å². The average Bonchev–Trinajstić information content (AvgIpc) is 2.58. The highest BCUT2D eigenvalue weighted by molar-refractivity contribution is 6.28. The van der Waals surface area contributed by atoms with E-state index in [-0.39, 0.29) is 30.5 Å². The van der Waals surface area contributed by atoms with Gasteiger partial charge in [-0.15, -0.1) is 11.6 Å². The molecule has 0 aromatic heterocycles. The van der Waals surface area contributed by atoms with Crippen LogP contribution < -0.4 is 32.8 Å². The molecule has 0 bridgehead atoms. The number of aliphatic carboxylic acids is 1. The molecule has 148 valence electrons. The fourth-order valence-corrected chi connectivity index (χ4v) is 2.09. The van der Waals surface area contributed by atoms with E-state index in [4.69, 9.17) is 33.9 Å². The van der Waals surface area contributed by atoms with Gasteiger partial charge in [-0.2, -0.15) is 0 Å². The summed E-state index contributed by atoms with van der Waals surface area (Å²) < 4.78 is 0. The number of Topliss-reactive ketones (excluding diaryl/α,β-unsaturated/α-hetero) is 1. The minimum absolute atomic E-state index is 0.0512. The maximum absolute atomic E-state index is 11.9. The number of alkyl halides is 1. The van der Waals surface area contributed by atoms with Crippen LogP contribution in [0.15, 0.2) is 0 Å². The zero-order valence-corrected chi connectivity index (χ0v) is 15.1. The van der Waals surface area contributed by atoms with Crippen LogP contribution in [0.1, 0.15) is 25.7 Å². The van der Waals surface area contributed by atoms with Gasteiger partial charge in [-0.25, -0.2) is 0 Å². The third-order valence-electron chi connectivity index (χ3n) is 3.28. The second-order valence-corrected chi connectivity index (χ2v) is 5.77. The van der Waals surface area contributed by atoms with Gasteiger partial charge in [-0.05, 0) is 19.3 Å². The first kappa shape index (κ1) is 23.6. The molecule has 2 amide bonds. The van der Waals surface area contributed by atoms with E-state index in [9.17, 15) is 19.2 Å². The minimum Gasteiger partial charge on any atom is -0.481 e. The molecule has 0 aliphatic carbocycles. The summed E-state index contributed by atoms with van der Waals surface area (Å²) in [6.07, 6.45) is 0.498. The molecule has 0 rings (SSSR count). The lowest BCUT2D eigenvalue weighted by molar-refractivity contribution is -0.459. The molecule has 2 atom stereocenters. The highest BCUT2D eigenvalue weighted by Crippen LogP contribution is 2.00. The number of amides is 2. The quantitative estimate of drug-likeness (QED) is 0.0703. The monoisotopic (exact) mass is 393 g/mol. The lowest BCUT2D eigenvalue weighted by Gasteiger charge is -2.17. The van der Waals surface area contributed by atoms with Gasteiger partial charge in [-0.1, -0.05) is 0 Å². The molecule has 0 aromatic carbocycles. The number of guanidine groups is 1. The van der Waals surface area contributed by atoms with Gasteiger partial charge in [0.25, 0.3) is 0 Å². The predicted octanol–water partition coefficient (Wildman–Crippen LogP) is -4.28. The third kappa shape index (κ3) is 11.2. The number of nitrogens with two attached hydrogens (primary N) is 3. The maximum Gasteiger partial charge on any atom is 0.338 e. The number of hydrogen-bond acceptors (Lipinski definition) is 5. The van der Waals surface area contributed by atoms with E-state index in [1.165, 1.54) is 0 Å². The van der Waals surface area contributed by atoms with Crippen LogP contribution >= 0.6 is 11.6 Å². The van der Waals surface area contributed by atoms with Crippen molar-refractivity contribution >= 4 is 41.1 Å². The maximum atomic E-state index is 11.9. The molecule has 0 aromatic rings. The van der Waals surface area contributed by atoms with Crippen molar-refractivity contribution in [1.29, 1.82) is 0 Å². The van der Waals surface area contributed by atoms with E-state index in [1.807, 2.05) is 0 Å². The Kier molecular flexibility index (Phi) is 11.7. The molecule has 0 saturated heterocycles. The number of rotatable bonds is 13. The lowest BCUT2D eigenvalue weighted by Crippen LogP contribution is -2.78. The molecule has 0 aliphatic heterocycles. The van der Waals surface area contributed by atoms with Crippen LogP contribution in [0.2, 0.25) is 0 Å². The summed E-state index contributed by atoms with van der Waals surface area (Å²) >= 11 is 5.53. The fraction of sp³-hybridized carbons (Fsp3) is 0.643. The molecule has 0 spiro atoms. The highest BCUT2D eigenvalue weighted by atomic mass is 35.5. The lowest BCUT2D eigenvalue weighted by atomic mass is 10.1. The minimum atomic E-state index is -1.07. The van der Waals surface area contributed by atoms with Gasteiger partial charge in [0.1, 0.15) is 0 Å². The molecular weight excluding hydrogens is 368 g/mol. The van der Waals surface area contributed by atoms with Gasteiger partial charge < -0.3 is 21.5 Å². The van der Waals surface area contributed by atoms with E-state index < -0.39 is 36.4 Å². The number of hydrogen-bond donors (Lipinski definition) is 7. The van der Waals surface area contributed by atoms with Crippen LogP contribution in [0.4, 0.5) is 0 Å². The Hall–Kier alpha value is -2.40. The molecule has 0 aliphatic rings. The van der Waals surface area contributed by atoms with Crippen LogP contribution in [0.25, 0.3) is 0 Å². The Balaban J connectivity index is 4.38. The van der Waals surface area contributed by atoms with Crippen LogP contribution in [0, 0.1) is 0 Å². The first-order valence-electron chi connectivity index (χ1n) is 7.92. The highest BCUT2D eigenvalue weighted by Gasteiger charge is 2.21. The summed E-state index contributed by atoms with van der Waals surface area (Å²) in [6.45, 7) is 0.0207. The van der Waals surface area contributed by atoms with Crippen LogP contribution in [-0.2, 0) is 19.2 Å². The zero-order valence-electron chi connectivity index (χ0n) is 14.3. The number of ketones is 1. The first-order valence-corrected chi connectivity index (χ1v) is 8.45. The van der Waals surface area contributed by atoms with Crippen LogP contribution in [-0.4, -0.2) is 65.7 Å². The van der Waals surface area contributed by atoms with E-state index in [0.29, 0.717) is 19.4 Å². The molecule has 0 fully saturated rings. The molecule has 12 heteroatoms. The topological polar surface area (TPSA) is 205 Å². The second-order valence-electron chi connectivity index (χ2n) is 5.50. The molecule has 0 unspecified atom stereocenters. The summed E-state index contributed by atoms with van der Waals surface area (Å²) in [4.78, 5) is 48.5. The van der Waals surface area contributed by atoms with Crippen LogP contribution in [0.3, 0.4) is 0 Å². The van der Waals surface area contributed by atoms with Gasteiger partial charge in [0.05, 0.1) is 31.1 Å². The molecule has 11 nitrogen and oxygen atoms in total. The number of carboxylic acids is 1. The summed E-state index contributed by atoms with van der Waals surface area (Å²) in [5.74, 6) is -2.90. The largest absolute Gasteiger partial charge is 0.481 e. The van der Waals surface area contributed by atoms with Crippen molar-refractivity contribution in [2.75, 3.05) is 19.0 Å². The molecule has 0 saturated carbocycles. The molecule has 0 heterocycles. The first-order chi connectivity index (χ1) is 12.2. The Morgan fingerprint density at radius 2 is 1.81 bits per heavy atom. The van der Waals surface area contributed by atoms with Crippen molar-refractivity contribution in [1.82, 2.24) is 10.6 Å². The summed E-state index contributed by atoms with van der Waals surface area (Å²) in [7, 11) is 0. The van der Waals surface area contributed by atoms with Crippen LogP contribution in [0.5, 0.6) is 0 Å². The van der Waals surface area contributed by atoms with Gasteiger partial charge in [0.2, 0.25) is 11.8 Å². The smallest absolute Gasteiger partial charge is 0.338 e. The Morgan fingerprint density at radius 1 is 1.15 bits per heavy atom.